The van der Waals surface area contributed by atoms with E-state index in [0.717, 1.165) is 5.75 Å². The van der Waals surface area contributed by atoms with E-state index in [1.807, 2.05) is 18.2 Å². The van der Waals surface area contributed by atoms with Crippen molar-refractivity contribution in [2.45, 2.75) is 5.75 Å². The normalized spacial score (nSPS) is 10.8. The van der Waals surface area contributed by atoms with Crippen molar-refractivity contribution in [1.82, 2.24) is 0 Å². The van der Waals surface area contributed by atoms with E-state index in [-0.39, 0.29) is 0 Å². The van der Waals surface area contributed by atoms with Gasteiger partial charge >= 0.3 is 0 Å². The molecular weight excluding hydrogens is 212 g/mol. The Labute approximate surface area is 102 Å². The first kappa shape index (κ1) is 11.0. The highest BCUT2D eigenvalue weighted by Gasteiger charge is 1.89. The molecule has 0 aliphatic rings. The number of hydrogen-bond acceptors (Lipinski definition) is 1. The molecule has 0 aliphatic carbocycles. The van der Waals surface area contributed by atoms with Crippen LogP contribution in [-0.4, -0.2) is 0 Å². The van der Waals surface area contributed by atoms with E-state index in [0.29, 0.717) is 0 Å². The molecule has 16 heavy (non-hydrogen) atoms. The summed E-state index contributed by atoms with van der Waals surface area (Å²) in [6, 6.07) is 18.8. The van der Waals surface area contributed by atoms with E-state index in [4.69, 9.17) is 0 Å². The van der Waals surface area contributed by atoms with Gasteiger partial charge in [-0.05, 0) is 16.7 Å². The van der Waals surface area contributed by atoms with Crippen molar-refractivity contribution in [3.8, 4) is 0 Å². The highest BCUT2D eigenvalue weighted by atomic mass is 32.1. The maximum absolute atomic E-state index is 4.24. The molecule has 0 fully saturated rings. The quantitative estimate of drug-likeness (QED) is 0.586. The van der Waals surface area contributed by atoms with E-state index in [1.54, 1.807) is 0 Å². The molecule has 0 bridgehead atoms. The molecule has 2 aromatic carbocycles. The van der Waals surface area contributed by atoms with Crippen molar-refractivity contribution >= 4 is 24.8 Å². The molecule has 0 amide bonds. The van der Waals surface area contributed by atoms with E-state index >= 15 is 0 Å². The molecule has 0 heterocycles. The van der Waals surface area contributed by atoms with Gasteiger partial charge in [-0.25, -0.2) is 0 Å². The van der Waals surface area contributed by atoms with Gasteiger partial charge in [0, 0.05) is 5.75 Å². The summed E-state index contributed by atoms with van der Waals surface area (Å²) in [5.74, 6) is 0.794. The average molecular weight is 226 g/mol. The summed E-state index contributed by atoms with van der Waals surface area (Å²) < 4.78 is 0. The van der Waals surface area contributed by atoms with E-state index < -0.39 is 0 Å². The predicted octanol–water partition coefficient (Wildman–Crippen LogP) is 4.29. The number of thiol groups is 1. The standard InChI is InChI=1S/C15H14S/c16-12-15-10-8-14(9-11-15)7-6-13-4-2-1-3-5-13/h1-11,16H,12H2. The fourth-order valence-corrected chi connectivity index (χ4v) is 1.70. The molecule has 1 heteroatoms. The second-order valence-electron chi connectivity index (χ2n) is 3.64. The molecule has 0 saturated carbocycles. The number of rotatable bonds is 3. The summed E-state index contributed by atoms with van der Waals surface area (Å²) in [5, 5.41) is 0. The van der Waals surface area contributed by atoms with Gasteiger partial charge in [0.25, 0.3) is 0 Å². The second kappa shape index (κ2) is 5.57. The Morgan fingerprint density at radius 1 is 0.750 bits per heavy atom. The molecule has 0 N–H and O–H groups in total. The van der Waals surface area contributed by atoms with Gasteiger partial charge in [-0.1, -0.05) is 66.7 Å². The fourth-order valence-electron chi connectivity index (χ4n) is 1.49. The second-order valence-corrected chi connectivity index (χ2v) is 3.96. The minimum atomic E-state index is 0.794. The Kier molecular flexibility index (Phi) is 3.84. The van der Waals surface area contributed by atoms with Crippen LogP contribution in [0.2, 0.25) is 0 Å². The van der Waals surface area contributed by atoms with E-state index in [9.17, 15) is 0 Å². The zero-order chi connectivity index (χ0) is 11.2. The average Bonchev–Trinajstić information content (AvgIpc) is 2.38. The van der Waals surface area contributed by atoms with Crippen molar-refractivity contribution in [3.63, 3.8) is 0 Å². The maximum atomic E-state index is 4.24. The van der Waals surface area contributed by atoms with Crippen LogP contribution in [0.1, 0.15) is 16.7 Å². The Balaban J connectivity index is 2.12. The Morgan fingerprint density at radius 2 is 1.31 bits per heavy atom. The first-order chi connectivity index (χ1) is 7.88. The Hall–Kier alpha value is -1.47. The minimum absolute atomic E-state index is 0.794. The summed E-state index contributed by atoms with van der Waals surface area (Å²) in [7, 11) is 0. The maximum Gasteiger partial charge on any atom is 0.0154 e. The van der Waals surface area contributed by atoms with Crippen molar-refractivity contribution < 1.29 is 0 Å². The molecule has 0 atom stereocenters. The highest BCUT2D eigenvalue weighted by molar-refractivity contribution is 7.79. The van der Waals surface area contributed by atoms with E-state index in [2.05, 4.69) is 61.2 Å². The summed E-state index contributed by atoms with van der Waals surface area (Å²) >= 11 is 4.24. The zero-order valence-electron chi connectivity index (χ0n) is 9.01. The first-order valence-corrected chi connectivity index (χ1v) is 5.94. The van der Waals surface area contributed by atoms with Gasteiger partial charge in [-0.3, -0.25) is 0 Å². The summed E-state index contributed by atoms with van der Waals surface area (Å²) in [5.41, 5.74) is 3.69. The van der Waals surface area contributed by atoms with Crippen LogP contribution in [0, 0.1) is 0 Å². The monoisotopic (exact) mass is 226 g/mol. The van der Waals surface area contributed by atoms with Gasteiger partial charge in [-0.15, -0.1) is 0 Å². The SMILES string of the molecule is SCc1ccc(C=Cc2ccccc2)cc1. The van der Waals surface area contributed by atoms with Gasteiger partial charge < -0.3 is 0 Å². The van der Waals surface area contributed by atoms with Gasteiger partial charge in [-0.2, -0.15) is 12.6 Å². The number of hydrogen-bond donors (Lipinski definition) is 1. The predicted molar refractivity (Wildman–Crippen MR) is 74.5 cm³/mol. The van der Waals surface area contributed by atoms with Gasteiger partial charge in [0.2, 0.25) is 0 Å². The molecule has 0 aliphatic heterocycles. The first-order valence-electron chi connectivity index (χ1n) is 5.31. The van der Waals surface area contributed by atoms with Crippen molar-refractivity contribution in [2.75, 3.05) is 0 Å². The lowest BCUT2D eigenvalue weighted by atomic mass is 10.1. The zero-order valence-corrected chi connectivity index (χ0v) is 9.90. The highest BCUT2D eigenvalue weighted by Crippen LogP contribution is 2.10. The van der Waals surface area contributed by atoms with Crippen LogP contribution in [-0.2, 0) is 5.75 Å². The van der Waals surface area contributed by atoms with Gasteiger partial charge in [0.1, 0.15) is 0 Å². The van der Waals surface area contributed by atoms with Crippen LogP contribution in [0.25, 0.3) is 12.2 Å². The molecule has 0 radical (unpaired) electrons. The molecule has 80 valence electrons. The molecule has 2 rings (SSSR count). The van der Waals surface area contributed by atoms with Crippen molar-refractivity contribution in [3.05, 3.63) is 71.3 Å². The van der Waals surface area contributed by atoms with Crippen LogP contribution in [0.15, 0.2) is 54.6 Å². The largest absolute Gasteiger partial charge is 0.175 e. The molecule has 0 spiro atoms. The summed E-state index contributed by atoms with van der Waals surface area (Å²) in [6.45, 7) is 0. The summed E-state index contributed by atoms with van der Waals surface area (Å²) in [6.07, 6.45) is 4.24. The topological polar surface area (TPSA) is 0 Å². The third-order valence-electron chi connectivity index (χ3n) is 2.43. The third-order valence-corrected chi connectivity index (χ3v) is 2.80. The molecule has 0 aromatic heterocycles. The van der Waals surface area contributed by atoms with Gasteiger partial charge in [0.05, 0.1) is 0 Å². The lowest BCUT2D eigenvalue weighted by molar-refractivity contribution is 1.42. The van der Waals surface area contributed by atoms with Crippen LogP contribution in [0.4, 0.5) is 0 Å². The smallest absolute Gasteiger partial charge is 0.0154 e. The Bertz CT molecular complexity index is 455. The van der Waals surface area contributed by atoms with Crippen molar-refractivity contribution in [1.29, 1.82) is 0 Å². The summed E-state index contributed by atoms with van der Waals surface area (Å²) in [4.78, 5) is 0. The van der Waals surface area contributed by atoms with Crippen LogP contribution in [0.3, 0.4) is 0 Å². The van der Waals surface area contributed by atoms with Gasteiger partial charge in [0.15, 0.2) is 0 Å². The molecule has 0 unspecified atom stereocenters. The van der Waals surface area contributed by atoms with E-state index in [1.165, 1.54) is 16.7 Å². The van der Waals surface area contributed by atoms with Crippen molar-refractivity contribution in [2.24, 2.45) is 0 Å². The molecular formula is C15H14S. The fraction of sp³-hybridized carbons (Fsp3) is 0.0667. The van der Waals surface area contributed by atoms with Crippen LogP contribution >= 0.6 is 12.6 Å². The third kappa shape index (κ3) is 3.01. The minimum Gasteiger partial charge on any atom is -0.175 e. The molecule has 2 aromatic rings. The lowest BCUT2D eigenvalue weighted by Crippen LogP contribution is -1.77. The molecule has 0 saturated heterocycles. The lowest BCUT2D eigenvalue weighted by Gasteiger charge is -1.97. The number of benzene rings is 2. The van der Waals surface area contributed by atoms with Crippen LogP contribution < -0.4 is 0 Å². The Morgan fingerprint density at radius 3 is 1.88 bits per heavy atom. The van der Waals surface area contributed by atoms with Crippen LogP contribution in [0.5, 0.6) is 0 Å². The molecule has 0 nitrogen and oxygen atoms in total.